The smallest absolute Gasteiger partial charge is 0.151 e. The molecule has 182 valence electrons. The van der Waals surface area contributed by atoms with Crippen LogP contribution in [0.2, 0.25) is 0 Å². The minimum atomic E-state index is -0.678. The topological polar surface area (TPSA) is 187 Å². The number of aromatic hydroxyl groups is 1. The summed E-state index contributed by atoms with van der Waals surface area (Å²) in [6, 6.07) is 14.7. The van der Waals surface area contributed by atoms with Crippen LogP contribution in [0.3, 0.4) is 0 Å². The number of anilines is 5. The van der Waals surface area contributed by atoms with Crippen molar-refractivity contribution in [2.75, 3.05) is 61.7 Å². The third-order valence-corrected chi connectivity index (χ3v) is 4.87. The summed E-state index contributed by atoms with van der Waals surface area (Å²) in [6.45, 7) is 1.38. The Morgan fingerprint density at radius 1 is 0.647 bits per heavy atom. The van der Waals surface area contributed by atoms with E-state index in [0.29, 0.717) is 65.3 Å². The predicted octanol–water partition coefficient (Wildman–Crippen LogP) is 2.54. The summed E-state index contributed by atoms with van der Waals surface area (Å²) >= 11 is 0. The quantitative estimate of drug-likeness (QED) is 0.131. The van der Waals surface area contributed by atoms with Gasteiger partial charge >= 0.3 is 0 Å². The number of rotatable bonds is 12. The van der Waals surface area contributed by atoms with Gasteiger partial charge in [0.05, 0.1) is 37.8 Å². The van der Waals surface area contributed by atoms with Gasteiger partial charge in [-0.1, -0.05) is 0 Å². The van der Waals surface area contributed by atoms with Gasteiger partial charge in [0.1, 0.15) is 23.9 Å². The third kappa shape index (κ3) is 6.99. The highest BCUT2D eigenvalue weighted by Gasteiger charge is 2.20. The normalized spacial score (nSPS) is 11.8. The van der Waals surface area contributed by atoms with Gasteiger partial charge in [0.2, 0.25) is 0 Å². The van der Waals surface area contributed by atoms with Crippen LogP contribution < -0.4 is 38.1 Å². The Balaban J connectivity index is 1.49. The lowest BCUT2D eigenvalue weighted by Gasteiger charge is -2.22. The first-order valence-electron chi connectivity index (χ1n) is 10.7. The number of benzene rings is 3. The summed E-state index contributed by atoms with van der Waals surface area (Å²) < 4.78 is 22.9. The maximum absolute atomic E-state index is 10.3. The molecule has 0 aliphatic rings. The van der Waals surface area contributed by atoms with E-state index in [4.69, 9.17) is 47.6 Å². The van der Waals surface area contributed by atoms with Crippen LogP contribution in [0, 0.1) is 0 Å². The second kappa shape index (κ2) is 11.7. The molecule has 10 heteroatoms. The summed E-state index contributed by atoms with van der Waals surface area (Å²) in [5, 5.41) is 10.3. The van der Waals surface area contributed by atoms with Gasteiger partial charge in [0.25, 0.3) is 0 Å². The van der Waals surface area contributed by atoms with E-state index in [-0.39, 0.29) is 19.0 Å². The maximum atomic E-state index is 10.3. The van der Waals surface area contributed by atoms with Gasteiger partial charge in [-0.15, -0.1) is 0 Å². The monoisotopic (exact) mass is 469 g/mol. The van der Waals surface area contributed by atoms with E-state index in [2.05, 4.69) is 0 Å². The SMILES string of the molecule is Nc1ccc(N)c(OCCOCCOCC(Oc2cc(N)ccc2N)c2cc(N)ccc2O)c1. The molecular weight excluding hydrogens is 438 g/mol. The van der Waals surface area contributed by atoms with Gasteiger partial charge < -0.3 is 52.7 Å². The van der Waals surface area contributed by atoms with Crippen LogP contribution in [0.1, 0.15) is 11.7 Å². The maximum Gasteiger partial charge on any atom is 0.151 e. The first-order valence-corrected chi connectivity index (χ1v) is 10.7. The molecule has 0 saturated carbocycles. The second-order valence-electron chi connectivity index (χ2n) is 7.56. The molecule has 10 nitrogen and oxygen atoms in total. The molecule has 3 aromatic carbocycles. The average molecular weight is 470 g/mol. The Labute approximate surface area is 198 Å². The number of phenolic OH excluding ortho intramolecular Hbond substituents is 1. The standard InChI is InChI=1S/C24H31N5O5/c25-15-3-6-21(30)18(11-15)24(34-23-13-17(27)2-5-20(23)29)14-32-8-7-31-9-10-33-22-12-16(26)1-4-19(22)28/h1-6,11-13,24,30H,7-10,14,25-29H2. The lowest BCUT2D eigenvalue weighted by atomic mass is 10.1. The van der Waals surface area contributed by atoms with Gasteiger partial charge in [0.15, 0.2) is 6.10 Å². The first-order chi connectivity index (χ1) is 16.3. The van der Waals surface area contributed by atoms with Crippen molar-refractivity contribution in [2.45, 2.75) is 6.10 Å². The average Bonchev–Trinajstić information content (AvgIpc) is 2.81. The van der Waals surface area contributed by atoms with Crippen LogP contribution >= 0.6 is 0 Å². The Morgan fingerprint density at radius 2 is 1.21 bits per heavy atom. The van der Waals surface area contributed by atoms with E-state index in [9.17, 15) is 5.11 Å². The van der Waals surface area contributed by atoms with Crippen molar-refractivity contribution in [3.63, 3.8) is 0 Å². The van der Waals surface area contributed by atoms with Gasteiger partial charge in [-0.05, 0) is 42.5 Å². The zero-order valence-corrected chi connectivity index (χ0v) is 18.8. The van der Waals surface area contributed by atoms with Gasteiger partial charge in [-0.25, -0.2) is 0 Å². The van der Waals surface area contributed by atoms with Crippen LogP contribution in [0.5, 0.6) is 17.2 Å². The van der Waals surface area contributed by atoms with Crippen molar-refractivity contribution in [2.24, 2.45) is 0 Å². The minimum absolute atomic E-state index is 0.0273. The number of ether oxygens (including phenoxy) is 4. The Kier molecular flexibility index (Phi) is 8.49. The summed E-state index contributed by atoms with van der Waals surface area (Å²) in [5.74, 6) is 0.923. The fourth-order valence-electron chi connectivity index (χ4n) is 3.12. The molecular formula is C24H31N5O5. The second-order valence-corrected chi connectivity index (χ2v) is 7.56. The summed E-state index contributed by atoms with van der Waals surface area (Å²) in [5.41, 5.74) is 32.3. The zero-order chi connectivity index (χ0) is 24.5. The van der Waals surface area contributed by atoms with Gasteiger partial charge in [-0.2, -0.15) is 0 Å². The molecule has 0 aliphatic heterocycles. The molecule has 0 spiro atoms. The molecule has 0 fully saturated rings. The highest BCUT2D eigenvalue weighted by Crippen LogP contribution is 2.33. The Morgan fingerprint density at radius 3 is 1.94 bits per heavy atom. The molecule has 0 bridgehead atoms. The van der Waals surface area contributed by atoms with Gasteiger partial charge in [-0.3, -0.25) is 0 Å². The van der Waals surface area contributed by atoms with E-state index in [0.717, 1.165) is 0 Å². The summed E-state index contributed by atoms with van der Waals surface area (Å²) in [4.78, 5) is 0. The first kappa shape index (κ1) is 24.6. The highest BCUT2D eigenvalue weighted by atomic mass is 16.6. The van der Waals surface area contributed by atoms with Crippen molar-refractivity contribution in [1.29, 1.82) is 0 Å². The molecule has 0 aromatic heterocycles. The Bertz CT molecular complexity index is 1100. The van der Waals surface area contributed by atoms with Crippen molar-refractivity contribution < 1.29 is 24.1 Å². The lowest BCUT2D eigenvalue weighted by molar-refractivity contribution is 0.00549. The van der Waals surface area contributed by atoms with Crippen LogP contribution in [0.25, 0.3) is 0 Å². The van der Waals surface area contributed by atoms with Crippen molar-refractivity contribution in [3.8, 4) is 17.2 Å². The van der Waals surface area contributed by atoms with Crippen molar-refractivity contribution in [3.05, 3.63) is 60.2 Å². The lowest BCUT2D eigenvalue weighted by Crippen LogP contribution is -2.18. The van der Waals surface area contributed by atoms with E-state index >= 15 is 0 Å². The number of phenols is 1. The number of hydrogen-bond donors (Lipinski definition) is 6. The highest BCUT2D eigenvalue weighted by molar-refractivity contribution is 5.60. The molecule has 1 atom stereocenters. The molecule has 34 heavy (non-hydrogen) atoms. The minimum Gasteiger partial charge on any atom is -0.508 e. The van der Waals surface area contributed by atoms with Crippen LogP contribution in [0.15, 0.2) is 54.6 Å². The van der Waals surface area contributed by atoms with Gasteiger partial charge in [0, 0.05) is 34.8 Å². The molecule has 0 saturated heterocycles. The molecule has 0 radical (unpaired) electrons. The fourth-order valence-corrected chi connectivity index (χ4v) is 3.12. The Hall–Kier alpha value is -4.02. The molecule has 3 aromatic rings. The molecule has 3 rings (SSSR count). The summed E-state index contributed by atoms with van der Waals surface area (Å²) in [6.07, 6.45) is -0.678. The van der Waals surface area contributed by atoms with E-state index in [1.807, 2.05) is 0 Å². The predicted molar refractivity (Wildman–Crippen MR) is 134 cm³/mol. The number of nitrogens with two attached hydrogens (primary N) is 5. The van der Waals surface area contributed by atoms with E-state index < -0.39 is 6.10 Å². The molecule has 11 N–H and O–H groups in total. The largest absolute Gasteiger partial charge is 0.508 e. The molecule has 0 heterocycles. The van der Waals surface area contributed by atoms with E-state index in [1.165, 1.54) is 6.07 Å². The molecule has 1 unspecified atom stereocenters. The third-order valence-electron chi connectivity index (χ3n) is 4.87. The van der Waals surface area contributed by atoms with Crippen LogP contribution in [-0.4, -0.2) is 38.1 Å². The molecule has 0 aliphatic carbocycles. The van der Waals surface area contributed by atoms with Crippen LogP contribution in [-0.2, 0) is 9.47 Å². The number of hydrogen-bond acceptors (Lipinski definition) is 10. The zero-order valence-electron chi connectivity index (χ0n) is 18.8. The van der Waals surface area contributed by atoms with Crippen molar-refractivity contribution in [1.82, 2.24) is 0 Å². The van der Waals surface area contributed by atoms with Crippen LogP contribution in [0.4, 0.5) is 28.4 Å². The molecule has 0 amide bonds. The number of nitrogen functional groups attached to an aromatic ring is 5. The van der Waals surface area contributed by atoms with E-state index in [1.54, 1.807) is 48.5 Å². The summed E-state index contributed by atoms with van der Waals surface area (Å²) in [7, 11) is 0. The van der Waals surface area contributed by atoms with Crippen molar-refractivity contribution >= 4 is 28.4 Å². The fraction of sp³-hybridized carbons (Fsp3) is 0.250.